The van der Waals surface area contributed by atoms with Gasteiger partial charge in [-0.15, -0.1) is 0 Å². The summed E-state index contributed by atoms with van der Waals surface area (Å²) in [7, 11) is 1.37. The molecular weight excluding hydrogens is 324 g/mol. The molecule has 128 valence electrons. The van der Waals surface area contributed by atoms with Gasteiger partial charge in [-0.2, -0.15) is 0 Å². The minimum absolute atomic E-state index is 0.00815. The fraction of sp³-hybridized carbons (Fsp3) is 0.350. The van der Waals surface area contributed by atoms with E-state index in [2.05, 4.69) is 6.92 Å². The Kier molecular flexibility index (Phi) is 6.83. The van der Waals surface area contributed by atoms with Gasteiger partial charge in [0.2, 0.25) is 0 Å². The summed E-state index contributed by atoms with van der Waals surface area (Å²) in [5.74, 6) is -0.177. The van der Waals surface area contributed by atoms with Gasteiger partial charge in [0.25, 0.3) is 0 Å². The number of hydrogen-bond acceptors (Lipinski definition) is 3. The Morgan fingerprint density at radius 1 is 1.04 bits per heavy atom. The summed E-state index contributed by atoms with van der Waals surface area (Å²) in [5, 5.41) is 10.7. The van der Waals surface area contributed by atoms with Gasteiger partial charge in [0, 0.05) is 10.9 Å². The van der Waals surface area contributed by atoms with E-state index in [-0.39, 0.29) is 24.4 Å². The van der Waals surface area contributed by atoms with Crippen LogP contribution in [0.2, 0.25) is 5.02 Å². The normalized spacial score (nSPS) is 13.3. The first-order valence-electron chi connectivity index (χ1n) is 8.15. The SMILES string of the molecule is CCCC(c1ccc(C(=O)OC)cc1)C(CO)c1ccc(Cl)cc1. The first kappa shape index (κ1) is 18.5. The minimum Gasteiger partial charge on any atom is -0.465 e. The van der Waals surface area contributed by atoms with E-state index >= 15 is 0 Å². The molecule has 0 bridgehead atoms. The number of ether oxygens (including phenoxy) is 1. The number of carbonyl (C=O) groups excluding carboxylic acids is 1. The average molecular weight is 347 g/mol. The van der Waals surface area contributed by atoms with Crippen LogP contribution >= 0.6 is 11.6 Å². The van der Waals surface area contributed by atoms with Crippen LogP contribution in [0.25, 0.3) is 0 Å². The molecule has 0 aromatic heterocycles. The molecule has 4 heteroatoms. The molecule has 0 fully saturated rings. The molecular formula is C20H23ClO3. The van der Waals surface area contributed by atoms with Gasteiger partial charge in [0.1, 0.15) is 0 Å². The van der Waals surface area contributed by atoms with Gasteiger partial charge in [-0.1, -0.05) is 49.2 Å². The second-order valence-electron chi connectivity index (χ2n) is 5.85. The molecule has 24 heavy (non-hydrogen) atoms. The van der Waals surface area contributed by atoms with Crippen molar-refractivity contribution in [1.29, 1.82) is 0 Å². The van der Waals surface area contributed by atoms with Crippen LogP contribution in [0.4, 0.5) is 0 Å². The molecule has 0 spiro atoms. The van der Waals surface area contributed by atoms with Crippen molar-refractivity contribution in [2.75, 3.05) is 13.7 Å². The molecule has 2 atom stereocenters. The molecule has 0 aliphatic carbocycles. The van der Waals surface area contributed by atoms with E-state index in [9.17, 15) is 9.90 Å². The number of esters is 1. The van der Waals surface area contributed by atoms with E-state index < -0.39 is 0 Å². The topological polar surface area (TPSA) is 46.5 Å². The average Bonchev–Trinajstić information content (AvgIpc) is 2.62. The second-order valence-corrected chi connectivity index (χ2v) is 6.29. The summed E-state index contributed by atoms with van der Waals surface area (Å²) >= 11 is 5.97. The van der Waals surface area contributed by atoms with Gasteiger partial charge in [-0.3, -0.25) is 0 Å². The van der Waals surface area contributed by atoms with Gasteiger partial charge >= 0.3 is 5.97 Å². The molecule has 1 N–H and O–H groups in total. The Morgan fingerprint density at radius 2 is 1.58 bits per heavy atom. The Hall–Kier alpha value is -1.84. The molecule has 0 aliphatic rings. The van der Waals surface area contributed by atoms with Crippen LogP contribution in [0.15, 0.2) is 48.5 Å². The van der Waals surface area contributed by atoms with E-state index in [0.717, 1.165) is 24.0 Å². The molecule has 2 aromatic carbocycles. The Balaban J connectivity index is 2.32. The highest BCUT2D eigenvalue weighted by molar-refractivity contribution is 6.30. The third-order valence-corrected chi connectivity index (χ3v) is 4.59. The Bertz CT molecular complexity index is 650. The molecule has 0 heterocycles. The monoisotopic (exact) mass is 346 g/mol. The number of halogens is 1. The maximum Gasteiger partial charge on any atom is 0.337 e. The number of aliphatic hydroxyl groups excluding tert-OH is 1. The van der Waals surface area contributed by atoms with Crippen LogP contribution in [0.1, 0.15) is 53.1 Å². The summed E-state index contributed by atoms with van der Waals surface area (Å²) in [6.07, 6.45) is 1.96. The van der Waals surface area contributed by atoms with Crippen molar-refractivity contribution < 1.29 is 14.6 Å². The lowest BCUT2D eigenvalue weighted by molar-refractivity contribution is 0.0600. The zero-order valence-corrected chi connectivity index (χ0v) is 14.8. The lowest BCUT2D eigenvalue weighted by atomic mass is 9.79. The fourth-order valence-electron chi connectivity index (χ4n) is 3.07. The number of methoxy groups -OCH3 is 1. The van der Waals surface area contributed by atoms with E-state index in [1.54, 1.807) is 12.1 Å². The smallest absolute Gasteiger partial charge is 0.337 e. The Morgan fingerprint density at radius 3 is 2.08 bits per heavy atom. The van der Waals surface area contributed by atoms with Crippen molar-refractivity contribution in [3.8, 4) is 0 Å². The minimum atomic E-state index is -0.343. The zero-order chi connectivity index (χ0) is 17.5. The molecule has 2 aromatic rings. The van der Waals surface area contributed by atoms with Crippen LogP contribution < -0.4 is 0 Å². The summed E-state index contributed by atoms with van der Waals surface area (Å²) in [5.41, 5.74) is 2.71. The van der Waals surface area contributed by atoms with E-state index in [1.807, 2.05) is 36.4 Å². The molecule has 0 aliphatic heterocycles. The maximum atomic E-state index is 11.6. The van der Waals surface area contributed by atoms with Crippen molar-refractivity contribution >= 4 is 17.6 Å². The molecule has 2 unspecified atom stereocenters. The fourth-order valence-corrected chi connectivity index (χ4v) is 3.20. The van der Waals surface area contributed by atoms with E-state index in [0.29, 0.717) is 10.6 Å². The zero-order valence-electron chi connectivity index (χ0n) is 14.0. The highest BCUT2D eigenvalue weighted by atomic mass is 35.5. The van der Waals surface area contributed by atoms with Crippen LogP contribution in [0, 0.1) is 0 Å². The quantitative estimate of drug-likeness (QED) is 0.733. The molecule has 0 amide bonds. The van der Waals surface area contributed by atoms with Crippen LogP contribution in [-0.2, 0) is 4.74 Å². The number of benzene rings is 2. The summed E-state index contributed by atoms with van der Waals surface area (Å²) in [6.45, 7) is 2.19. The van der Waals surface area contributed by atoms with Crippen LogP contribution in [0.5, 0.6) is 0 Å². The summed E-state index contributed by atoms with van der Waals surface area (Å²) < 4.78 is 4.74. The van der Waals surface area contributed by atoms with Crippen molar-refractivity contribution in [2.24, 2.45) is 0 Å². The lowest BCUT2D eigenvalue weighted by Gasteiger charge is -2.26. The second kappa shape index (κ2) is 8.86. The lowest BCUT2D eigenvalue weighted by Crippen LogP contribution is -2.15. The third kappa shape index (κ3) is 4.37. The molecule has 3 nitrogen and oxygen atoms in total. The van der Waals surface area contributed by atoms with Gasteiger partial charge in [-0.05, 0) is 47.7 Å². The predicted octanol–water partition coefficient (Wildman–Crippen LogP) is 4.79. The highest BCUT2D eigenvalue weighted by Crippen LogP contribution is 2.36. The molecule has 0 saturated carbocycles. The first-order valence-corrected chi connectivity index (χ1v) is 8.53. The Labute approximate surface area is 148 Å². The third-order valence-electron chi connectivity index (χ3n) is 4.34. The van der Waals surface area contributed by atoms with Crippen molar-refractivity contribution in [2.45, 2.75) is 31.6 Å². The number of carbonyl (C=O) groups is 1. The first-order chi connectivity index (χ1) is 11.6. The summed E-state index contributed by atoms with van der Waals surface area (Å²) in [4.78, 5) is 11.6. The number of rotatable bonds is 7. The van der Waals surface area contributed by atoms with Crippen molar-refractivity contribution in [1.82, 2.24) is 0 Å². The number of hydrogen-bond donors (Lipinski definition) is 1. The largest absolute Gasteiger partial charge is 0.465 e. The van der Waals surface area contributed by atoms with Crippen LogP contribution in [-0.4, -0.2) is 24.8 Å². The van der Waals surface area contributed by atoms with Crippen molar-refractivity contribution in [3.05, 3.63) is 70.2 Å². The highest BCUT2D eigenvalue weighted by Gasteiger charge is 2.24. The van der Waals surface area contributed by atoms with E-state index in [4.69, 9.17) is 16.3 Å². The number of aliphatic hydroxyl groups is 1. The summed E-state index contributed by atoms with van der Waals surface area (Å²) in [6, 6.07) is 15.1. The predicted molar refractivity (Wildman–Crippen MR) is 96.7 cm³/mol. The van der Waals surface area contributed by atoms with Gasteiger partial charge in [0.15, 0.2) is 0 Å². The van der Waals surface area contributed by atoms with Gasteiger partial charge < -0.3 is 9.84 Å². The molecule has 0 saturated heterocycles. The van der Waals surface area contributed by atoms with E-state index in [1.165, 1.54) is 7.11 Å². The van der Waals surface area contributed by atoms with Crippen LogP contribution in [0.3, 0.4) is 0 Å². The standard InChI is InChI=1S/C20H23ClO3/c1-3-4-18(14-5-7-16(8-6-14)20(23)24-2)19(13-22)15-9-11-17(21)12-10-15/h5-12,18-19,22H,3-4,13H2,1-2H3. The molecule has 0 radical (unpaired) electrons. The van der Waals surface area contributed by atoms with Crippen molar-refractivity contribution in [3.63, 3.8) is 0 Å². The molecule has 2 rings (SSSR count). The maximum absolute atomic E-state index is 11.6. The van der Waals surface area contributed by atoms with Gasteiger partial charge in [0.05, 0.1) is 19.3 Å². The van der Waals surface area contributed by atoms with Gasteiger partial charge in [-0.25, -0.2) is 4.79 Å².